The second kappa shape index (κ2) is 8.55. The van der Waals surface area contributed by atoms with E-state index in [1.54, 1.807) is 0 Å². The Balaban J connectivity index is 1.55. The summed E-state index contributed by atoms with van der Waals surface area (Å²) in [5.41, 5.74) is 1.22. The molecular weight excluding hydrogens is 427 g/mol. The third kappa shape index (κ3) is 3.81. The van der Waals surface area contributed by atoms with Gasteiger partial charge in [-0.3, -0.25) is 14.4 Å². The quantitative estimate of drug-likeness (QED) is 0.382. The average Bonchev–Trinajstić information content (AvgIpc) is 3.35. The summed E-state index contributed by atoms with van der Waals surface area (Å²) in [5.74, 6) is -1.63. The van der Waals surface area contributed by atoms with Crippen molar-refractivity contribution in [3.05, 3.63) is 39.7 Å². The van der Waals surface area contributed by atoms with Gasteiger partial charge in [0.05, 0.1) is 10.7 Å². The van der Waals surface area contributed by atoms with Gasteiger partial charge in [0.2, 0.25) is 5.91 Å². The van der Waals surface area contributed by atoms with Crippen molar-refractivity contribution in [2.45, 2.75) is 51.4 Å². The number of halogens is 2. The number of hydrogen-bond acceptors (Lipinski definition) is 4. The summed E-state index contributed by atoms with van der Waals surface area (Å²) in [6.45, 7) is 1.54. The number of likely N-dealkylation sites (tertiary alicyclic amines) is 1. The molecular formula is C22H22ClFN2O3S. The van der Waals surface area contributed by atoms with Crippen LogP contribution in [0, 0.1) is 5.82 Å². The first-order chi connectivity index (χ1) is 14.4. The lowest BCUT2D eigenvalue weighted by molar-refractivity contribution is -0.130. The predicted molar refractivity (Wildman–Crippen MR) is 116 cm³/mol. The van der Waals surface area contributed by atoms with E-state index in [0.717, 1.165) is 49.7 Å². The maximum Gasteiger partial charge on any atom is 0.261 e. The van der Waals surface area contributed by atoms with Crippen molar-refractivity contribution >= 4 is 52.1 Å². The van der Waals surface area contributed by atoms with Gasteiger partial charge in [0, 0.05) is 41.1 Å². The lowest BCUT2D eigenvalue weighted by atomic mass is 9.93. The molecule has 1 saturated heterocycles. The summed E-state index contributed by atoms with van der Waals surface area (Å²) in [5, 5.41) is 0.103. The average molecular weight is 449 g/mol. The number of thiocarbonyl (C=S) groups is 1. The first-order valence-electron chi connectivity index (χ1n) is 10.3. The number of hydrogen-bond donors (Lipinski definition) is 0. The highest BCUT2D eigenvalue weighted by molar-refractivity contribution is 7.80. The van der Waals surface area contributed by atoms with Crippen LogP contribution in [0.4, 0.5) is 10.1 Å². The molecule has 3 amide bonds. The standard InChI is InChI=1S/C22H22ClFN2O3S/c23-16-12-17(24)18(26-21(28)13-5-1-2-6-14(13)22(26)29)11-15(16)19(30)7-8-20(27)25-9-3-4-10-25/h11-12H,1-10H2. The molecule has 3 aliphatic rings. The van der Waals surface area contributed by atoms with E-state index < -0.39 is 17.6 Å². The molecule has 2 aliphatic heterocycles. The Morgan fingerprint density at radius 2 is 1.60 bits per heavy atom. The molecule has 0 aromatic heterocycles. The van der Waals surface area contributed by atoms with E-state index in [1.807, 2.05) is 4.90 Å². The number of carbonyl (C=O) groups is 3. The van der Waals surface area contributed by atoms with E-state index in [0.29, 0.717) is 40.8 Å². The van der Waals surface area contributed by atoms with Crippen molar-refractivity contribution in [1.82, 2.24) is 4.90 Å². The molecule has 0 radical (unpaired) electrons. The number of imide groups is 1. The van der Waals surface area contributed by atoms with Gasteiger partial charge < -0.3 is 4.90 Å². The molecule has 5 nitrogen and oxygen atoms in total. The van der Waals surface area contributed by atoms with Gasteiger partial charge in [0.15, 0.2) is 0 Å². The lowest BCUT2D eigenvalue weighted by Gasteiger charge is -2.19. The Labute approximate surface area is 184 Å². The fourth-order valence-corrected chi connectivity index (χ4v) is 4.95. The van der Waals surface area contributed by atoms with Gasteiger partial charge in [-0.25, -0.2) is 9.29 Å². The minimum Gasteiger partial charge on any atom is -0.343 e. The van der Waals surface area contributed by atoms with Crippen LogP contribution in [0.3, 0.4) is 0 Å². The van der Waals surface area contributed by atoms with Gasteiger partial charge in [-0.2, -0.15) is 0 Å². The van der Waals surface area contributed by atoms with Crippen molar-refractivity contribution < 1.29 is 18.8 Å². The van der Waals surface area contributed by atoms with Crippen molar-refractivity contribution in [3.8, 4) is 0 Å². The first-order valence-corrected chi connectivity index (χ1v) is 11.1. The Morgan fingerprint density at radius 1 is 1.00 bits per heavy atom. The van der Waals surface area contributed by atoms with E-state index in [9.17, 15) is 18.8 Å². The fourth-order valence-electron chi connectivity index (χ4n) is 4.36. The van der Waals surface area contributed by atoms with Gasteiger partial charge in [-0.05, 0) is 57.1 Å². The summed E-state index contributed by atoms with van der Waals surface area (Å²) in [4.78, 5) is 41.0. The van der Waals surface area contributed by atoms with Crippen LogP contribution < -0.4 is 4.90 Å². The van der Waals surface area contributed by atoms with E-state index in [1.165, 1.54) is 6.07 Å². The summed E-state index contributed by atoms with van der Waals surface area (Å²) in [6.07, 6.45) is 5.33. The van der Waals surface area contributed by atoms with Gasteiger partial charge in [0.1, 0.15) is 5.82 Å². The Bertz CT molecular complexity index is 957. The van der Waals surface area contributed by atoms with Gasteiger partial charge >= 0.3 is 0 Å². The Hall–Kier alpha value is -2.12. The van der Waals surface area contributed by atoms with E-state index in [-0.39, 0.29) is 23.0 Å². The zero-order chi connectivity index (χ0) is 21.4. The molecule has 8 heteroatoms. The summed E-state index contributed by atoms with van der Waals surface area (Å²) in [7, 11) is 0. The van der Waals surface area contributed by atoms with Crippen molar-refractivity contribution in [1.29, 1.82) is 0 Å². The number of nitrogens with zero attached hydrogens (tertiary/aromatic N) is 2. The minimum absolute atomic E-state index is 0.0371. The highest BCUT2D eigenvalue weighted by Crippen LogP contribution is 2.38. The maximum atomic E-state index is 14.7. The van der Waals surface area contributed by atoms with Crippen LogP contribution >= 0.6 is 23.8 Å². The Kier molecular flexibility index (Phi) is 6.02. The lowest BCUT2D eigenvalue weighted by Crippen LogP contribution is -2.32. The van der Waals surface area contributed by atoms with Crippen molar-refractivity contribution in [3.63, 3.8) is 0 Å². The molecule has 1 fully saturated rings. The molecule has 1 aromatic carbocycles. The van der Waals surface area contributed by atoms with Crippen molar-refractivity contribution in [2.75, 3.05) is 18.0 Å². The van der Waals surface area contributed by atoms with Gasteiger partial charge in [-0.15, -0.1) is 0 Å². The summed E-state index contributed by atoms with van der Waals surface area (Å²) < 4.78 is 14.7. The molecule has 1 aliphatic carbocycles. The van der Waals surface area contributed by atoms with E-state index in [2.05, 4.69) is 0 Å². The molecule has 30 heavy (non-hydrogen) atoms. The summed E-state index contributed by atoms with van der Waals surface area (Å²) >= 11 is 11.7. The molecule has 0 bridgehead atoms. The topological polar surface area (TPSA) is 57.7 Å². The fraction of sp³-hybridized carbons (Fsp3) is 0.455. The number of benzene rings is 1. The number of rotatable bonds is 5. The SMILES string of the molecule is O=C(CCC(=S)c1cc(N2C(=O)C3=C(CCCC3)C2=O)c(F)cc1Cl)N1CCCC1. The molecule has 2 heterocycles. The van der Waals surface area contributed by atoms with Crippen LogP contribution in [0.25, 0.3) is 0 Å². The molecule has 4 rings (SSSR count). The number of carbonyl (C=O) groups excluding carboxylic acids is 3. The third-order valence-electron chi connectivity index (χ3n) is 5.99. The first kappa shape index (κ1) is 21.1. The van der Waals surface area contributed by atoms with Gasteiger partial charge in [-0.1, -0.05) is 23.8 Å². The second-order valence-electron chi connectivity index (χ2n) is 7.90. The summed E-state index contributed by atoms with van der Waals surface area (Å²) in [6, 6.07) is 2.45. The largest absolute Gasteiger partial charge is 0.343 e. The van der Waals surface area contributed by atoms with Crippen LogP contribution in [-0.4, -0.2) is 40.6 Å². The molecule has 158 valence electrons. The number of anilines is 1. The molecule has 1 aromatic rings. The maximum absolute atomic E-state index is 14.7. The van der Waals surface area contributed by atoms with E-state index >= 15 is 0 Å². The Morgan fingerprint density at radius 3 is 2.20 bits per heavy atom. The number of amides is 3. The van der Waals surface area contributed by atoms with Crippen LogP contribution in [0.1, 0.15) is 56.9 Å². The molecule has 0 N–H and O–H groups in total. The van der Waals surface area contributed by atoms with Crippen molar-refractivity contribution in [2.24, 2.45) is 0 Å². The molecule has 0 saturated carbocycles. The zero-order valence-corrected chi connectivity index (χ0v) is 18.1. The smallest absolute Gasteiger partial charge is 0.261 e. The highest BCUT2D eigenvalue weighted by Gasteiger charge is 2.41. The molecule has 0 spiro atoms. The predicted octanol–water partition coefficient (Wildman–Crippen LogP) is 4.34. The zero-order valence-electron chi connectivity index (χ0n) is 16.5. The second-order valence-corrected chi connectivity index (χ2v) is 8.80. The third-order valence-corrected chi connectivity index (χ3v) is 6.73. The molecule has 0 unspecified atom stereocenters. The van der Waals surface area contributed by atoms with Crippen LogP contribution in [0.15, 0.2) is 23.3 Å². The molecule has 0 atom stereocenters. The normalized spacial score (nSPS) is 19.0. The monoisotopic (exact) mass is 448 g/mol. The van der Waals surface area contributed by atoms with E-state index in [4.69, 9.17) is 23.8 Å². The van der Waals surface area contributed by atoms with Crippen LogP contribution in [-0.2, 0) is 14.4 Å². The van der Waals surface area contributed by atoms with Crippen LogP contribution in [0.5, 0.6) is 0 Å². The van der Waals surface area contributed by atoms with Gasteiger partial charge in [0.25, 0.3) is 11.8 Å². The minimum atomic E-state index is -0.749. The highest BCUT2D eigenvalue weighted by atomic mass is 35.5. The van der Waals surface area contributed by atoms with Crippen LogP contribution in [0.2, 0.25) is 5.02 Å².